The SMILES string of the molecule is CC(NC(=O)c1nn(C(C)C)c(=O)c2ccccc12)c1ccc(F)cc1F. The second-order valence-corrected chi connectivity index (χ2v) is 6.60. The highest BCUT2D eigenvalue weighted by atomic mass is 19.1. The number of aromatic nitrogens is 2. The maximum absolute atomic E-state index is 14.0. The molecule has 1 aromatic heterocycles. The van der Waals surface area contributed by atoms with E-state index in [0.29, 0.717) is 10.8 Å². The lowest BCUT2D eigenvalue weighted by atomic mass is 10.1. The zero-order chi connectivity index (χ0) is 19.7. The van der Waals surface area contributed by atoms with Crippen molar-refractivity contribution in [2.24, 2.45) is 0 Å². The summed E-state index contributed by atoms with van der Waals surface area (Å²) in [5.41, 5.74) is -0.0470. The normalized spacial score (nSPS) is 12.4. The van der Waals surface area contributed by atoms with Crippen molar-refractivity contribution in [1.82, 2.24) is 15.1 Å². The summed E-state index contributed by atoms with van der Waals surface area (Å²) in [6, 6.07) is 8.95. The molecule has 3 rings (SSSR count). The maximum Gasteiger partial charge on any atom is 0.274 e. The molecule has 0 aliphatic carbocycles. The lowest BCUT2D eigenvalue weighted by Gasteiger charge is -2.17. The molecule has 0 bridgehead atoms. The zero-order valence-electron chi connectivity index (χ0n) is 15.2. The van der Waals surface area contributed by atoms with Gasteiger partial charge in [0.1, 0.15) is 11.6 Å². The van der Waals surface area contributed by atoms with Gasteiger partial charge in [-0.2, -0.15) is 5.10 Å². The van der Waals surface area contributed by atoms with Gasteiger partial charge in [0.15, 0.2) is 5.69 Å². The molecule has 0 aliphatic heterocycles. The highest BCUT2D eigenvalue weighted by Crippen LogP contribution is 2.20. The van der Waals surface area contributed by atoms with E-state index < -0.39 is 23.6 Å². The van der Waals surface area contributed by atoms with Gasteiger partial charge >= 0.3 is 0 Å². The van der Waals surface area contributed by atoms with Crippen molar-refractivity contribution in [2.45, 2.75) is 32.9 Å². The summed E-state index contributed by atoms with van der Waals surface area (Å²) in [7, 11) is 0. The minimum Gasteiger partial charge on any atom is -0.344 e. The van der Waals surface area contributed by atoms with Crippen LogP contribution in [0.3, 0.4) is 0 Å². The van der Waals surface area contributed by atoms with E-state index in [2.05, 4.69) is 10.4 Å². The van der Waals surface area contributed by atoms with Gasteiger partial charge in [-0.05, 0) is 32.9 Å². The molecule has 5 nitrogen and oxygen atoms in total. The summed E-state index contributed by atoms with van der Waals surface area (Å²) in [5.74, 6) is -1.98. The maximum atomic E-state index is 14.0. The molecule has 1 atom stereocenters. The van der Waals surface area contributed by atoms with E-state index in [0.717, 1.165) is 12.1 Å². The van der Waals surface area contributed by atoms with E-state index in [9.17, 15) is 18.4 Å². The quantitative estimate of drug-likeness (QED) is 0.760. The second-order valence-electron chi connectivity index (χ2n) is 6.60. The van der Waals surface area contributed by atoms with Gasteiger partial charge in [0, 0.05) is 17.0 Å². The number of carbonyl (C=O) groups is 1. The van der Waals surface area contributed by atoms with Crippen LogP contribution >= 0.6 is 0 Å². The summed E-state index contributed by atoms with van der Waals surface area (Å²) in [6.07, 6.45) is 0. The Hall–Kier alpha value is -3.09. The summed E-state index contributed by atoms with van der Waals surface area (Å²) < 4.78 is 28.3. The van der Waals surface area contributed by atoms with Crippen molar-refractivity contribution in [3.8, 4) is 0 Å². The van der Waals surface area contributed by atoms with E-state index in [1.165, 1.54) is 10.7 Å². The van der Waals surface area contributed by atoms with Crippen molar-refractivity contribution in [2.75, 3.05) is 0 Å². The predicted octanol–water partition coefficient (Wildman–Crippen LogP) is 3.75. The molecule has 0 fully saturated rings. The summed E-state index contributed by atoms with van der Waals surface area (Å²) in [6.45, 7) is 5.18. The largest absolute Gasteiger partial charge is 0.344 e. The molecule has 0 radical (unpaired) electrons. The number of fused-ring (bicyclic) bond motifs is 1. The number of carbonyl (C=O) groups excluding carboxylic acids is 1. The molecule has 0 saturated heterocycles. The summed E-state index contributed by atoms with van der Waals surface area (Å²) in [4.78, 5) is 25.4. The van der Waals surface area contributed by atoms with Crippen molar-refractivity contribution >= 4 is 16.7 Å². The molecule has 140 valence electrons. The van der Waals surface area contributed by atoms with Crippen LogP contribution < -0.4 is 10.9 Å². The van der Waals surface area contributed by atoms with Crippen LogP contribution in [0, 0.1) is 11.6 Å². The van der Waals surface area contributed by atoms with Crippen LogP contribution in [0.5, 0.6) is 0 Å². The molecular weight excluding hydrogens is 352 g/mol. The van der Waals surface area contributed by atoms with E-state index in [1.54, 1.807) is 45.0 Å². The number of hydrogen-bond acceptors (Lipinski definition) is 3. The highest BCUT2D eigenvalue weighted by molar-refractivity contribution is 6.04. The number of hydrogen-bond donors (Lipinski definition) is 1. The monoisotopic (exact) mass is 371 g/mol. The molecule has 0 aliphatic rings. The topological polar surface area (TPSA) is 64.0 Å². The van der Waals surface area contributed by atoms with Crippen molar-refractivity contribution in [1.29, 1.82) is 0 Å². The molecule has 1 unspecified atom stereocenters. The number of nitrogens with one attached hydrogen (secondary N) is 1. The average molecular weight is 371 g/mol. The van der Waals surface area contributed by atoms with Crippen LogP contribution in [-0.4, -0.2) is 15.7 Å². The van der Waals surface area contributed by atoms with Gasteiger partial charge in [-0.15, -0.1) is 0 Å². The Morgan fingerprint density at radius 2 is 1.74 bits per heavy atom. The Kier molecular flexibility index (Phi) is 5.03. The van der Waals surface area contributed by atoms with Crippen LogP contribution in [0.2, 0.25) is 0 Å². The van der Waals surface area contributed by atoms with E-state index in [1.807, 2.05) is 0 Å². The molecule has 1 amide bonds. The standard InChI is InChI=1S/C20H19F2N3O2/c1-11(2)25-20(27)16-7-5-4-6-15(16)18(24-25)19(26)23-12(3)14-9-8-13(21)10-17(14)22/h4-12H,1-3H3,(H,23,26). The zero-order valence-corrected chi connectivity index (χ0v) is 15.2. The van der Waals surface area contributed by atoms with E-state index >= 15 is 0 Å². The lowest BCUT2D eigenvalue weighted by molar-refractivity contribution is 0.0933. The third-order valence-electron chi connectivity index (χ3n) is 4.31. The Labute approximate surface area is 154 Å². The first kappa shape index (κ1) is 18.7. The van der Waals surface area contributed by atoms with Gasteiger partial charge in [0.05, 0.1) is 17.5 Å². The van der Waals surface area contributed by atoms with Crippen LogP contribution in [0.25, 0.3) is 10.8 Å². The Balaban J connectivity index is 2.03. The first-order valence-corrected chi connectivity index (χ1v) is 8.57. The Bertz CT molecular complexity index is 1080. The highest BCUT2D eigenvalue weighted by Gasteiger charge is 2.21. The molecular formula is C20H19F2N3O2. The van der Waals surface area contributed by atoms with Crippen LogP contribution in [0.1, 0.15) is 48.9 Å². The van der Waals surface area contributed by atoms with Crippen LogP contribution in [-0.2, 0) is 0 Å². The molecule has 1 N–H and O–H groups in total. The molecule has 27 heavy (non-hydrogen) atoms. The molecule has 7 heteroatoms. The fourth-order valence-electron chi connectivity index (χ4n) is 2.92. The number of halogens is 2. The first-order chi connectivity index (χ1) is 12.8. The summed E-state index contributed by atoms with van der Waals surface area (Å²) in [5, 5.41) is 7.69. The minimum absolute atomic E-state index is 0.0771. The van der Waals surface area contributed by atoms with Gasteiger partial charge in [-0.3, -0.25) is 9.59 Å². The van der Waals surface area contributed by atoms with Gasteiger partial charge in [0.25, 0.3) is 11.5 Å². The van der Waals surface area contributed by atoms with Gasteiger partial charge in [0.2, 0.25) is 0 Å². The van der Waals surface area contributed by atoms with Crippen molar-refractivity contribution < 1.29 is 13.6 Å². The van der Waals surface area contributed by atoms with Crippen molar-refractivity contribution in [3.05, 3.63) is 75.7 Å². The third-order valence-corrected chi connectivity index (χ3v) is 4.31. The Morgan fingerprint density at radius 3 is 2.37 bits per heavy atom. The minimum atomic E-state index is -0.743. The van der Waals surface area contributed by atoms with Gasteiger partial charge in [-0.1, -0.05) is 24.3 Å². The van der Waals surface area contributed by atoms with Crippen LogP contribution in [0.4, 0.5) is 8.78 Å². The average Bonchev–Trinajstić information content (AvgIpc) is 2.61. The first-order valence-electron chi connectivity index (χ1n) is 8.57. The van der Waals surface area contributed by atoms with E-state index in [-0.39, 0.29) is 22.9 Å². The van der Waals surface area contributed by atoms with Crippen LogP contribution in [0.15, 0.2) is 47.3 Å². The third kappa shape index (κ3) is 3.58. The second kappa shape index (κ2) is 7.26. The van der Waals surface area contributed by atoms with Gasteiger partial charge in [-0.25, -0.2) is 13.5 Å². The van der Waals surface area contributed by atoms with E-state index in [4.69, 9.17) is 0 Å². The molecule has 2 aromatic carbocycles. The number of amides is 1. The molecule has 0 spiro atoms. The number of rotatable bonds is 4. The fraction of sp³-hybridized carbons (Fsp3) is 0.250. The summed E-state index contributed by atoms with van der Waals surface area (Å²) >= 11 is 0. The predicted molar refractivity (Wildman–Crippen MR) is 98.6 cm³/mol. The Morgan fingerprint density at radius 1 is 1.07 bits per heavy atom. The molecule has 0 saturated carbocycles. The molecule has 1 heterocycles. The van der Waals surface area contributed by atoms with Crippen molar-refractivity contribution in [3.63, 3.8) is 0 Å². The van der Waals surface area contributed by atoms with Gasteiger partial charge < -0.3 is 5.32 Å². The lowest BCUT2D eigenvalue weighted by Crippen LogP contribution is -2.33. The fourth-order valence-corrected chi connectivity index (χ4v) is 2.92. The number of nitrogens with zero attached hydrogens (tertiary/aromatic N) is 2. The molecule has 3 aromatic rings. The number of benzene rings is 2. The smallest absolute Gasteiger partial charge is 0.274 e.